The van der Waals surface area contributed by atoms with Gasteiger partial charge in [0.05, 0.1) is 5.56 Å². The molecule has 1 unspecified atom stereocenters. The molecule has 3 heterocycles. The van der Waals surface area contributed by atoms with E-state index in [0.29, 0.717) is 19.6 Å². The Balaban J connectivity index is 0.00000261. The number of aromatic nitrogens is 2. The average Bonchev–Trinajstić information content (AvgIpc) is 3.20. The Morgan fingerprint density at radius 3 is 2.70 bits per heavy atom. The van der Waals surface area contributed by atoms with Crippen LogP contribution in [0.3, 0.4) is 0 Å². The van der Waals surface area contributed by atoms with Crippen molar-refractivity contribution in [3.8, 4) is 0 Å². The third-order valence-corrected chi connectivity index (χ3v) is 6.19. The lowest BCUT2D eigenvalue weighted by atomic mass is 10.1. The predicted octanol–water partition coefficient (Wildman–Crippen LogP) is 0.780. The molecular weight excluding hydrogens is 394 g/mol. The van der Waals surface area contributed by atoms with Crippen molar-refractivity contribution >= 4 is 28.3 Å². The van der Waals surface area contributed by atoms with Crippen molar-refractivity contribution in [2.45, 2.75) is 18.1 Å². The van der Waals surface area contributed by atoms with Crippen molar-refractivity contribution < 1.29 is 17.6 Å². The monoisotopic (exact) mass is 417 g/mol. The largest absolute Gasteiger partial charge is 0.448 e. The zero-order valence-electron chi connectivity index (χ0n) is 15.7. The van der Waals surface area contributed by atoms with Crippen LogP contribution in [0.15, 0.2) is 28.0 Å². The van der Waals surface area contributed by atoms with Gasteiger partial charge in [0.15, 0.2) is 0 Å². The smallest absolute Gasteiger partial charge is 0.275 e. The first kappa shape index (κ1) is 21.4. The van der Waals surface area contributed by atoms with Crippen LogP contribution in [-0.2, 0) is 17.1 Å². The number of amides is 1. The van der Waals surface area contributed by atoms with Crippen molar-refractivity contribution in [2.24, 2.45) is 7.05 Å². The molecule has 0 saturated carbocycles. The van der Waals surface area contributed by atoms with E-state index in [0.717, 1.165) is 10.1 Å². The summed E-state index contributed by atoms with van der Waals surface area (Å²) in [6.07, 6.45) is 3.52. The van der Waals surface area contributed by atoms with E-state index in [4.69, 9.17) is 4.42 Å². The van der Waals surface area contributed by atoms with Gasteiger partial charge < -0.3 is 19.2 Å². The van der Waals surface area contributed by atoms with Crippen LogP contribution in [0.1, 0.15) is 28.0 Å². The number of halogens is 1. The van der Waals surface area contributed by atoms with Gasteiger partial charge in [0.2, 0.25) is 5.09 Å². The number of sulfonamides is 1. The number of rotatable bonds is 4. The topological polar surface area (TPSA) is 101 Å². The van der Waals surface area contributed by atoms with E-state index >= 15 is 0 Å². The number of piperazine rings is 1. The number of carbonyl (C=O) groups is 1. The first-order chi connectivity index (χ1) is 12.2. The fourth-order valence-corrected chi connectivity index (χ4v) is 3.86. The summed E-state index contributed by atoms with van der Waals surface area (Å²) in [7, 11) is 0.978. The van der Waals surface area contributed by atoms with E-state index in [-0.39, 0.29) is 40.8 Å². The molecule has 0 aliphatic carbocycles. The number of nitrogens with zero attached hydrogens (tertiary/aromatic N) is 4. The Morgan fingerprint density at radius 2 is 2.11 bits per heavy atom. The highest BCUT2D eigenvalue weighted by Gasteiger charge is 2.34. The third-order valence-electron chi connectivity index (χ3n) is 4.52. The molecule has 9 nitrogen and oxygen atoms in total. The molecule has 0 radical (unpaired) electrons. The molecule has 0 spiro atoms. The number of hydrogen-bond donors (Lipinski definition) is 1. The predicted molar refractivity (Wildman–Crippen MR) is 101 cm³/mol. The lowest BCUT2D eigenvalue weighted by Gasteiger charge is -2.35. The second kappa shape index (κ2) is 8.01. The van der Waals surface area contributed by atoms with Gasteiger partial charge in [-0.05, 0) is 6.92 Å². The molecule has 150 valence electrons. The highest BCUT2D eigenvalue weighted by molar-refractivity contribution is 7.88. The summed E-state index contributed by atoms with van der Waals surface area (Å²) in [6.45, 7) is 3.33. The zero-order valence-corrected chi connectivity index (χ0v) is 17.3. The van der Waals surface area contributed by atoms with Gasteiger partial charge in [0.25, 0.3) is 15.9 Å². The lowest BCUT2D eigenvalue weighted by Crippen LogP contribution is -2.49. The molecule has 3 rings (SSSR count). The summed E-state index contributed by atoms with van der Waals surface area (Å²) in [4.78, 5) is 19.2. The van der Waals surface area contributed by atoms with Gasteiger partial charge in [0.1, 0.15) is 17.6 Å². The maximum Gasteiger partial charge on any atom is 0.275 e. The second-order valence-corrected chi connectivity index (χ2v) is 8.52. The number of aryl methyl sites for hydroxylation is 2. The molecule has 27 heavy (non-hydrogen) atoms. The standard InChI is InChI=1S/C16H23N5O4S.ClH/c1-11-12(9-14(25-11)26(23,24)19(2)3)16(22)21-8-5-17-10-13(21)15-18-6-7-20(15)4;/h6-7,9,13,17H,5,8,10H2,1-4H3;1H. The fourth-order valence-electron chi connectivity index (χ4n) is 3.01. The van der Waals surface area contributed by atoms with Crippen molar-refractivity contribution in [1.82, 2.24) is 24.1 Å². The molecular formula is C16H24ClN5O4S. The molecule has 1 aliphatic heterocycles. The lowest BCUT2D eigenvalue weighted by molar-refractivity contribution is 0.0619. The molecule has 2 aromatic rings. The van der Waals surface area contributed by atoms with Gasteiger partial charge in [-0.15, -0.1) is 12.4 Å². The van der Waals surface area contributed by atoms with E-state index in [2.05, 4.69) is 10.3 Å². The summed E-state index contributed by atoms with van der Waals surface area (Å²) in [6, 6.07) is 1.07. The Labute approximate surface area is 164 Å². The highest BCUT2D eigenvalue weighted by atomic mass is 35.5. The minimum Gasteiger partial charge on any atom is -0.448 e. The van der Waals surface area contributed by atoms with Gasteiger partial charge in [-0.25, -0.2) is 17.7 Å². The Kier molecular flexibility index (Phi) is 6.35. The van der Waals surface area contributed by atoms with Crippen LogP contribution in [0.2, 0.25) is 0 Å². The Morgan fingerprint density at radius 1 is 1.41 bits per heavy atom. The summed E-state index contributed by atoms with van der Waals surface area (Å²) >= 11 is 0. The average molecular weight is 418 g/mol. The zero-order chi connectivity index (χ0) is 19.1. The van der Waals surface area contributed by atoms with Gasteiger partial charge in [-0.1, -0.05) is 0 Å². The molecule has 1 N–H and O–H groups in total. The van der Waals surface area contributed by atoms with Gasteiger partial charge >= 0.3 is 0 Å². The third kappa shape index (κ3) is 3.88. The summed E-state index contributed by atoms with van der Waals surface area (Å²) in [5.74, 6) is 0.793. The minimum atomic E-state index is -3.74. The van der Waals surface area contributed by atoms with E-state index in [1.54, 1.807) is 18.0 Å². The molecule has 0 bridgehead atoms. The Bertz CT molecular complexity index is 921. The van der Waals surface area contributed by atoms with Crippen molar-refractivity contribution in [3.05, 3.63) is 35.6 Å². The molecule has 1 saturated heterocycles. The van der Waals surface area contributed by atoms with Crippen LogP contribution in [0.4, 0.5) is 0 Å². The maximum atomic E-state index is 13.1. The number of carbonyl (C=O) groups excluding carboxylic acids is 1. The van der Waals surface area contributed by atoms with Crippen molar-refractivity contribution in [1.29, 1.82) is 0 Å². The first-order valence-corrected chi connectivity index (χ1v) is 9.69. The number of nitrogens with one attached hydrogen (secondary N) is 1. The Hall–Kier alpha value is -1.88. The molecule has 1 atom stereocenters. The normalized spacial score (nSPS) is 17.8. The molecule has 2 aromatic heterocycles. The quantitative estimate of drug-likeness (QED) is 0.788. The van der Waals surface area contributed by atoms with E-state index in [1.807, 2.05) is 17.8 Å². The van der Waals surface area contributed by atoms with E-state index < -0.39 is 10.0 Å². The van der Waals surface area contributed by atoms with Gasteiger partial charge in [0, 0.05) is 59.2 Å². The van der Waals surface area contributed by atoms with Crippen LogP contribution in [0, 0.1) is 6.92 Å². The number of hydrogen-bond acceptors (Lipinski definition) is 6. The van der Waals surface area contributed by atoms with E-state index in [1.165, 1.54) is 20.2 Å². The summed E-state index contributed by atoms with van der Waals surface area (Å²) in [5.41, 5.74) is 0.256. The van der Waals surface area contributed by atoms with Crippen molar-refractivity contribution in [3.63, 3.8) is 0 Å². The summed E-state index contributed by atoms with van der Waals surface area (Å²) in [5, 5.41) is 3.04. The van der Waals surface area contributed by atoms with Crippen LogP contribution in [-0.4, -0.2) is 66.8 Å². The number of furan rings is 1. The SMILES string of the molecule is Cc1oc(S(=O)(=O)N(C)C)cc1C(=O)N1CCNCC1c1nccn1C.Cl. The molecule has 1 amide bonds. The molecule has 1 fully saturated rings. The summed E-state index contributed by atoms with van der Waals surface area (Å²) < 4.78 is 32.9. The van der Waals surface area contributed by atoms with Crippen molar-refractivity contribution in [2.75, 3.05) is 33.7 Å². The van der Waals surface area contributed by atoms with Crippen LogP contribution < -0.4 is 5.32 Å². The fraction of sp³-hybridized carbons (Fsp3) is 0.500. The molecule has 0 aromatic carbocycles. The number of imidazole rings is 1. The van der Waals surface area contributed by atoms with Crippen LogP contribution in [0.25, 0.3) is 0 Å². The second-order valence-electron chi connectivity index (χ2n) is 6.44. The van der Waals surface area contributed by atoms with E-state index in [9.17, 15) is 13.2 Å². The minimum absolute atomic E-state index is 0. The maximum absolute atomic E-state index is 13.1. The first-order valence-electron chi connectivity index (χ1n) is 8.25. The van der Waals surface area contributed by atoms with Crippen LogP contribution >= 0.6 is 12.4 Å². The van der Waals surface area contributed by atoms with Gasteiger partial charge in [-0.3, -0.25) is 4.79 Å². The highest BCUT2D eigenvalue weighted by Crippen LogP contribution is 2.27. The van der Waals surface area contributed by atoms with Crippen LogP contribution in [0.5, 0.6) is 0 Å². The van der Waals surface area contributed by atoms with Gasteiger partial charge in [-0.2, -0.15) is 0 Å². The molecule has 1 aliphatic rings. The molecule has 11 heteroatoms.